The van der Waals surface area contributed by atoms with E-state index in [1.54, 1.807) is 0 Å². The summed E-state index contributed by atoms with van der Waals surface area (Å²) in [5.74, 6) is -3.50. The number of benzene rings is 1. The quantitative estimate of drug-likeness (QED) is 0.553. The van der Waals surface area contributed by atoms with Gasteiger partial charge in [0.2, 0.25) is 11.8 Å². The summed E-state index contributed by atoms with van der Waals surface area (Å²) in [4.78, 5) is 39.4. The number of carbonyl (C=O) groups excluding carboxylic acids is 3. The Balaban J connectivity index is 1.46. The molecule has 0 unspecified atom stereocenters. The van der Waals surface area contributed by atoms with Gasteiger partial charge in [0, 0.05) is 10.7 Å². The number of carbonyl (C=O) groups is 3. The van der Waals surface area contributed by atoms with Crippen molar-refractivity contribution < 1.29 is 27.6 Å². The number of allylic oxidation sites excluding steroid dienone is 2. The third-order valence-electron chi connectivity index (χ3n) is 6.66. The highest BCUT2D eigenvalue weighted by atomic mass is 35.5. The van der Waals surface area contributed by atoms with Crippen molar-refractivity contribution in [2.45, 2.75) is 12.6 Å². The third-order valence-corrected chi connectivity index (χ3v) is 6.91. The predicted octanol–water partition coefficient (Wildman–Crippen LogP) is 3.25. The largest absolute Gasteiger partial charge is 0.471 e. The average Bonchev–Trinajstić information content (AvgIpc) is 3.46. The van der Waals surface area contributed by atoms with E-state index in [1.165, 1.54) is 24.3 Å². The van der Waals surface area contributed by atoms with Crippen LogP contribution in [0.15, 0.2) is 36.4 Å². The fourth-order valence-corrected chi connectivity index (χ4v) is 5.46. The number of hydrogen-bond donors (Lipinski definition) is 0. The molecule has 0 spiro atoms. The zero-order valence-electron chi connectivity index (χ0n) is 15.0. The number of nitrogens with zero attached hydrogens (tertiary/aromatic N) is 2. The van der Waals surface area contributed by atoms with E-state index in [-0.39, 0.29) is 22.5 Å². The summed E-state index contributed by atoms with van der Waals surface area (Å²) in [5.41, 5.74) is -0.0869. The van der Waals surface area contributed by atoms with Crippen LogP contribution in [0.2, 0.25) is 5.02 Å². The summed E-state index contributed by atoms with van der Waals surface area (Å²) in [6.45, 7) is -0.764. The summed E-state index contributed by atoms with van der Waals surface area (Å²) in [6.07, 6.45) is -0.210. The van der Waals surface area contributed by atoms with Crippen LogP contribution in [0.4, 0.5) is 18.9 Å². The highest BCUT2D eigenvalue weighted by molar-refractivity contribution is 6.30. The minimum absolute atomic E-state index is 0.0428. The first-order valence-electron chi connectivity index (χ1n) is 9.36. The molecule has 0 radical (unpaired) electrons. The van der Waals surface area contributed by atoms with Crippen molar-refractivity contribution >= 4 is 35.0 Å². The van der Waals surface area contributed by atoms with Gasteiger partial charge in [-0.15, -0.1) is 0 Å². The van der Waals surface area contributed by atoms with Crippen molar-refractivity contribution in [2.24, 2.45) is 35.5 Å². The Morgan fingerprint density at radius 3 is 2.03 bits per heavy atom. The number of hydrogen-bond acceptors (Lipinski definition) is 3. The van der Waals surface area contributed by atoms with Crippen molar-refractivity contribution in [3.63, 3.8) is 0 Å². The van der Waals surface area contributed by atoms with Crippen LogP contribution < -0.4 is 4.90 Å². The molecule has 152 valence electrons. The van der Waals surface area contributed by atoms with Gasteiger partial charge in [0.15, 0.2) is 0 Å². The third kappa shape index (κ3) is 2.72. The van der Waals surface area contributed by atoms with Gasteiger partial charge in [-0.3, -0.25) is 24.2 Å². The lowest BCUT2D eigenvalue weighted by atomic mass is 9.63. The molecule has 6 atom stereocenters. The number of anilines is 1. The number of alkyl halides is 3. The Kier molecular flexibility index (Phi) is 3.91. The molecule has 1 aromatic carbocycles. The van der Waals surface area contributed by atoms with E-state index in [0.717, 1.165) is 11.3 Å². The summed E-state index contributed by atoms with van der Waals surface area (Å²) in [6, 6.07) is 5.20. The average molecular weight is 425 g/mol. The maximum Gasteiger partial charge on any atom is 0.471 e. The van der Waals surface area contributed by atoms with Crippen LogP contribution in [0, 0.1) is 35.5 Å². The van der Waals surface area contributed by atoms with Gasteiger partial charge in [0.25, 0.3) is 0 Å². The molecule has 2 saturated carbocycles. The molecular weight excluding hydrogens is 409 g/mol. The number of imide groups is 1. The van der Waals surface area contributed by atoms with Gasteiger partial charge in [-0.2, -0.15) is 13.2 Å². The van der Waals surface area contributed by atoms with Gasteiger partial charge >= 0.3 is 12.1 Å². The van der Waals surface area contributed by atoms with Gasteiger partial charge in [-0.25, -0.2) is 0 Å². The molecule has 3 amide bonds. The molecule has 1 aliphatic heterocycles. The van der Waals surface area contributed by atoms with Crippen LogP contribution >= 0.6 is 11.6 Å². The Morgan fingerprint density at radius 2 is 1.55 bits per heavy atom. The smallest absolute Gasteiger partial charge is 0.286 e. The molecular formula is C20H16ClF3N2O3. The highest BCUT2D eigenvalue weighted by Gasteiger charge is 2.67. The molecule has 29 heavy (non-hydrogen) atoms. The van der Waals surface area contributed by atoms with Crippen LogP contribution in [-0.4, -0.2) is 35.5 Å². The van der Waals surface area contributed by atoms with Crippen LogP contribution in [0.25, 0.3) is 0 Å². The minimum atomic E-state index is -5.15. The Morgan fingerprint density at radius 1 is 1.03 bits per heavy atom. The number of rotatable bonds is 3. The van der Waals surface area contributed by atoms with Crippen LogP contribution in [-0.2, 0) is 14.4 Å². The summed E-state index contributed by atoms with van der Waals surface area (Å²) >= 11 is 5.79. The van der Waals surface area contributed by atoms with Crippen molar-refractivity contribution in [1.29, 1.82) is 0 Å². The van der Waals surface area contributed by atoms with Crippen molar-refractivity contribution in [2.75, 3.05) is 11.6 Å². The molecule has 4 aliphatic carbocycles. The van der Waals surface area contributed by atoms with Gasteiger partial charge in [0.1, 0.15) is 6.67 Å². The standard InChI is InChI=1S/C20H16ClF3N2O3/c21-9-1-3-10(4-2-9)25(19(29)20(22,23)24)8-26-17(27)15-11-5-6-12(14-7-13(11)14)16(15)18(26)28/h1-6,11-16H,7-8H2/t11-,12-,13-,14-,15+,16+/m0/s1. The first-order valence-corrected chi connectivity index (χ1v) is 9.74. The van der Waals surface area contributed by atoms with Crippen LogP contribution in [0.5, 0.6) is 0 Å². The fraction of sp³-hybridized carbons (Fsp3) is 0.450. The van der Waals surface area contributed by atoms with E-state index >= 15 is 0 Å². The second kappa shape index (κ2) is 6.08. The molecule has 1 aromatic rings. The van der Waals surface area contributed by atoms with Crippen molar-refractivity contribution in [3.05, 3.63) is 41.4 Å². The first-order chi connectivity index (χ1) is 13.7. The van der Waals surface area contributed by atoms with Crippen LogP contribution in [0.1, 0.15) is 6.42 Å². The van der Waals surface area contributed by atoms with E-state index < -0.39 is 42.4 Å². The SMILES string of the molecule is O=C1[C@@H]2[C@H]3C=C[C@@H]([C@@H]4C[C@@H]34)[C@H]2C(=O)N1CN(C(=O)C(F)(F)F)c1ccc(Cl)cc1. The molecule has 1 saturated heterocycles. The van der Waals surface area contributed by atoms with Gasteiger partial charge in [0.05, 0.1) is 11.8 Å². The van der Waals surface area contributed by atoms with Crippen molar-refractivity contribution in [1.82, 2.24) is 4.90 Å². The van der Waals surface area contributed by atoms with Gasteiger partial charge in [-0.1, -0.05) is 23.8 Å². The zero-order chi connectivity index (χ0) is 20.7. The number of halogens is 4. The van der Waals surface area contributed by atoms with E-state index in [9.17, 15) is 27.6 Å². The topological polar surface area (TPSA) is 57.7 Å². The Bertz CT molecular complexity index is 909. The summed E-state index contributed by atoms with van der Waals surface area (Å²) in [5, 5.41) is 0.286. The van der Waals surface area contributed by atoms with E-state index in [4.69, 9.17) is 11.6 Å². The fourth-order valence-electron chi connectivity index (χ4n) is 5.34. The van der Waals surface area contributed by atoms with Gasteiger partial charge < -0.3 is 0 Å². The Labute approximate surface area is 169 Å². The van der Waals surface area contributed by atoms with E-state index in [2.05, 4.69) is 0 Å². The highest BCUT2D eigenvalue weighted by Crippen LogP contribution is 2.65. The molecule has 9 heteroatoms. The lowest BCUT2D eigenvalue weighted by molar-refractivity contribution is -0.171. The van der Waals surface area contributed by atoms with E-state index in [1.807, 2.05) is 12.2 Å². The lowest BCUT2D eigenvalue weighted by Crippen LogP contribution is -2.49. The Hall–Kier alpha value is -2.35. The monoisotopic (exact) mass is 424 g/mol. The second-order valence-corrected chi connectivity index (χ2v) is 8.54. The molecule has 5 nitrogen and oxygen atoms in total. The molecule has 1 heterocycles. The molecule has 0 N–H and O–H groups in total. The van der Waals surface area contributed by atoms with E-state index in [0.29, 0.717) is 16.7 Å². The molecule has 0 aromatic heterocycles. The summed E-state index contributed by atoms with van der Waals surface area (Å²) < 4.78 is 39.6. The maximum atomic E-state index is 13.2. The minimum Gasteiger partial charge on any atom is -0.286 e. The zero-order valence-corrected chi connectivity index (χ0v) is 15.7. The second-order valence-electron chi connectivity index (χ2n) is 8.11. The lowest BCUT2D eigenvalue weighted by Gasteiger charge is -2.37. The van der Waals surface area contributed by atoms with Crippen LogP contribution in [0.3, 0.4) is 0 Å². The van der Waals surface area contributed by atoms with Crippen molar-refractivity contribution in [3.8, 4) is 0 Å². The molecule has 2 bridgehead atoms. The molecule has 6 rings (SSSR count). The maximum absolute atomic E-state index is 13.2. The normalized spacial score (nSPS) is 34.3. The number of amides is 3. The first kappa shape index (κ1) is 18.7. The molecule has 5 aliphatic rings. The van der Waals surface area contributed by atoms with Gasteiger partial charge in [-0.05, 0) is 54.4 Å². The molecule has 3 fully saturated rings. The number of likely N-dealkylation sites (tertiary alicyclic amines) is 1. The summed E-state index contributed by atoms with van der Waals surface area (Å²) in [7, 11) is 0. The predicted molar refractivity (Wildman–Crippen MR) is 96.4 cm³/mol.